The largest absolute Gasteiger partial charge is 0.122 e. The fraction of sp³-hybridized carbons (Fsp3) is 0.333. The number of rotatable bonds is 3. The first-order valence-corrected chi connectivity index (χ1v) is 6.22. The van der Waals surface area contributed by atoms with E-state index in [0.29, 0.717) is 5.92 Å². The monoisotopic (exact) mass is 232 g/mol. The molecule has 0 radical (unpaired) electrons. The van der Waals surface area contributed by atoms with E-state index in [2.05, 4.69) is 56.3 Å². The Bertz CT molecular complexity index is 474. The molecule has 0 aliphatic heterocycles. The lowest BCUT2D eigenvalue weighted by molar-refractivity contribution is 0.596. The zero-order valence-corrected chi connectivity index (χ0v) is 10.5. The lowest BCUT2D eigenvalue weighted by Gasteiger charge is -2.13. The van der Waals surface area contributed by atoms with Crippen LogP contribution in [0, 0.1) is 5.92 Å². The van der Waals surface area contributed by atoms with E-state index in [1.165, 1.54) is 16.3 Å². The highest BCUT2D eigenvalue weighted by atomic mass is 35.5. The van der Waals surface area contributed by atoms with E-state index in [9.17, 15) is 0 Å². The molecule has 0 saturated carbocycles. The maximum atomic E-state index is 6.30. The summed E-state index contributed by atoms with van der Waals surface area (Å²) in [7, 11) is 0. The van der Waals surface area contributed by atoms with Crippen LogP contribution in [-0.4, -0.2) is 5.38 Å². The first-order valence-electron chi connectivity index (χ1n) is 5.78. The lowest BCUT2D eigenvalue weighted by atomic mass is 9.99. The Morgan fingerprint density at radius 1 is 1.00 bits per heavy atom. The fourth-order valence-electron chi connectivity index (χ4n) is 1.83. The van der Waals surface area contributed by atoms with Crippen molar-refractivity contribution in [3.63, 3.8) is 0 Å². The Kier molecular flexibility index (Phi) is 3.50. The van der Waals surface area contributed by atoms with Crippen molar-refractivity contribution in [2.75, 3.05) is 0 Å². The molecule has 0 bridgehead atoms. The first kappa shape index (κ1) is 11.5. The standard InChI is InChI=1S/C15H17Cl/c1-11(2)15(16)10-12-7-8-13-5-3-4-6-14(13)9-12/h3-9,11,15H,10H2,1-2H3. The van der Waals surface area contributed by atoms with E-state index in [4.69, 9.17) is 11.6 Å². The Labute approximate surface area is 102 Å². The van der Waals surface area contributed by atoms with Crippen molar-refractivity contribution in [2.24, 2.45) is 5.92 Å². The number of fused-ring (bicyclic) bond motifs is 1. The summed E-state index contributed by atoms with van der Waals surface area (Å²) in [5.74, 6) is 0.521. The fourth-order valence-corrected chi connectivity index (χ4v) is 2.00. The molecule has 1 unspecified atom stereocenters. The Morgan fingerprint density at radius 3 is 2.38 bits per heavy atom. The van der Waals surface area contributed by atoms with Crippen molar-refractivity contribution in [1.29, 1.82) is 0 Å². The van der Waals surface area contributed by atoms with Gasteiger partial charge >= 0.3 is 0 Å². The van der Waals surface area contributed by atoms with Crippen LogP contribution in [0.4, 0.5) is 0 Å². The van der Waals surface area contributed by atoms with Gasteiger partial charge in [0.2, 0.25) is 0 Å². The molecule has 0 aliphatic rings. The second kappa shape index (κ2) is 4.88. The summed E-state index contributed by atoms with van der Waals surface area (Å²) in [6, 6.07) is 15.0. The molecule has 16 heavy (non-hydrogen) atoms. The molecule has 2 rings (SSSR count). The molecule has 0 nitrogen and oxygen atoms in total. The quantitative estimate of drug-likeness (QED) is 0.676. The molecule has 0 amide bonds. The minimum Gasteiger partial charge on any atom is -0.122 e. The minimum atomic E-state index is 0.223. The molecule has 1 atom stereocenters. The van der Waals surface area contributed by atoms with Crippen LogP contribution < -0.4 is 0 Å². The first-order chi connectivity index (χ1) is 7.66. The SMILES string of the molecule is CC(C)C(Cl)Cc1ccc2ccccc2c1. The topological polar surface area (TPSA) is 0 Å². The van der Waals surface area contributed by atoms with Crippen molar-refractivity contribution < 1.29 is 0 Å². The van der Waals surface area contributed by atoms with Crippen LogP contribution in [0.5, 0.6) is 0 Å². The maximum absolute atomic E-state index is 6.30. The summed E-state index contributed by atoms with van der Waals surface area (Å²) in [5.41, 5.74) is 1.33. The van der Waals surface area contributed by atoms with Gasteiger partial charge in [0.25, 0.3) is 0 Å². The summed E-state index contributed by atoms with van der Waals surface area (Å²) < 4.78 is 0. The Morgan fingerprint density at radius 2 is 1.69 bits per heavy atom. The number of hydrogen-bond donors (Lipinski definition) is 0. The van der Waals surface area contributed by atoms with Crippen molar-refractivity contribution in [3.8, 4) is 0 Å². The summed E-state index contributed by atoms with van der Waals surface area (Å²) in [4.78, 5) is 0. The minimum absolute atomic E-state index is 0.223. The van der Waals surface area contributed by atoms with Gasteiger partial charge in [0.05, 0.1) is 0 Å². The molecular weight excluding hydrogens is 216 g/mol. The molecule has 2 aromatic carbocycles. The summed E-state index contributed by atoms with van der Waals surface area (Å²) in [6.45, 7) is 4.33. The molecule has 0 aromatic heterocycles. The lowest BCUT2D eigenvalue weighted by Crippen LogP contribution is -2.10. The molecular formula is C15H17Cl. The van der Waals surface area contributed by atoms with E-state index in [0.717, 1.165) is 6.42 Å². The van der Waals surface area contributed by atoms with E-state index in [1.807, 2.05) is 0 Å². The van der Waals surface area contributed by atoms with Gasteiger partial charge in [-0.05, 0) is 28.7 Å². The van der Waals surface area contributed by atoms with Gasteiger partial charge in [-0.3, -0.25) is 0 Å². The van der Waals surface area contributed by atoms with Gasteiger partial charge in [0.15, 0.2) is 0 Å². The van der Waals surface area contributed by atoms with E-state index < -0.39 is 0 Å². The third kappa shape index (κ3) is 2.56. The summed E-state index contributed by atoms with van der Waals surface area (Å²) >= 11 is 6.30. The Balaban J connectivity index is 2.26. The molecule has 0 saturated heterocycles. The van der Waals surface area contributed by atoms with Crippen molar-refractivity contribution in [3.05, 3.63) is 48.0 Å². The molecule has 0 aliphatic carbocycles. The maximum Gasteiger partial charge on any atom is 0.0399 e. The van der Waals surface area contributed by atoms with Crippen molar-refractivity contribution in [1.82, 2.24) is 0 Å². The highest BCUT2D eigenvalue weighted by Crippen LogP contribution is 2.20. The van der Waals surface area contributed by atoms with Crippen LogP contribution in [0.25, 0.3) is 10.8 Å². The van der Waals surface area contributed by atoms with E-state index >= 15 is 0 Å². The van der Waals surface area contributed by atoms with Crippen LogP contribution >= 0.6 is 11.6 Å². The van der Waals surface area contributed by atoms with Crippen LogP contribution in [-0.2, 0) is 6.42 Å². The predicted molar refractivity (Wildman–Crippen MR) is 72.1 cm³/mol. The number of hydrogen-bond acceptors (Lipinski definition) is 0. The average Bonchev–Trinajstić information content (AvgIpc) is 2.28. The molecule has 0 fully saturated rings. The van der Waals surface area contributed by atoms with Gasteiger partial charge in [-0.2, -0.15) is 0 Å². The van der Waals surface area contributed by atoms with Gasteiger partial charge < -0.3 is 0 Å². The molecule has 0 spiro atoms. The van der Waals surface area contributed by atoms with Crippen molar-refractivity contribution >= 4 is 22.4 Å². The zero-order valence-electron chi connectivity index (χ0n) is 9.78. The van der Waals surface area contributed by atoms with Crippen molar-refractivity contribution in [2.45, 2.75) is 25.6 Å². The molecule has 2 aromatic rings. The molecule has 0 heterocycles. The molecule has 1 heteroatoms. The Hall–Kier alpha value is -1.01. The van der Waals surface area contributed by atoms with Gasteiger partial charge in [0.1, 0.15) is 0 Å². The number of alkyl halides is 1. The van der Waals surface area contributed by atoms with Gasteiger partial charge in [-0.1, -0.05) is 56.3 Å². The molecule has 0 N–H and O–H groups in total. The molecule has 84 valence electrons. The average molecular weight is 233 g/mol. The van der Waals surface area contributed by atoms with E-state index in [-0.39, 0.29) is 5.38 Å². The van der Waals surface area contributed by atoms with Gasteiger partial charge in [-0.15, -0.1) is 11.6 Å². The van der Waals surface area contributed by atoms with Crippen LogP contribution in [0.15, 0.2) is 42.5 Å². The second-order valence-corrected chi connectivity index (χ2v) is 5.21. The summed E-state index contributed by atoms with van der Waals surface area (Å²) in [6.07, 6.45) is 0.948. The highest BCUT2D eigenvalue weighted by molar-refractivity contribution is 6.20. The normalized spacial score (nSPS) is 13.2. The smallest absolute Gasteiger partial charge is 0.0399 e. The third-order valence-corrected chi connectivity index (χ3v) is 3.63. The van der Waals surface area contributed by atoms with E-state index in [1.54, 1.807) is 0 Å². The van der Waals surface area contributed by atoms with Crippen LogP contribution in [0.2, 0.25) is 0 Å². The highest BCUT2D eigenvalue weighted by Gasteiger charge is 2.10. The predicted octanol–water partition coefficient (Wildman–Crippen LogP) is 4.65. The van der Waals surface area contributed by atoms with Gasteiger partial charge in [0, 0.05) is 5.38 Å². The zero-order chi connectivity index (χ0) is 11.5. The van der Waals surface area contributed by atoms with Crippen LogP contribution in [0.1, 0.15) is 19.4 Å². The second-order valence-electron chi connectivity index (χ2n) is 4.65. The third-order valence-electron chi connectivity index (χ3n) is 2.97. The number of halogens is 1. The summed E-state index contributed by atoms with van der Waals surface area (Å²) in [5, 5.41) is 2.82. The number of benzene rings is 2. The van der Waals surface area contributed by atoms with Gasteiger partial charge in [-0.25, -0.2) is 0 Å². The van der Waals surface area contributed by atoms with Crippen LogP contribution in [0.3, 0.4) is 0 Å².